The van der Waals surface area contributed by atoms with Crippen molar-refractivity contribution in [1.29, 1.82) is 0 Å². The van der Waals surface area contributed by atoms with Crippen LogP contribution in [0.5, 0.6) is 0 Å². The molecule has 6 aliphatic carbocycles. The van der Waals surface area contributed by atoms with Gasteiger partial charge in [0, 0.05) is 40.5 Å². The largest absolute Gasteiger partial charge is 0.393 e. The van der Waals surface area contributed by atoms with E-state index in [2.05, 4.69) is 74.4 Å². The number of hydrogen-bond donors (Lipinski definition) is 2. The Balaban J connectivity index is 1.27. The van der Waals surface area contributed by atoms with Gasteiger partial charge in [0.15, 0.2) is 5.78 Å². The Bertz CT molecular complexity index is 1420. The van der Waals surface area contributed by atoms with Crippen molar-refractivity contribution in [2.24, 2.45) is 33.5 Å². The standard InChI is InChI=1S/C38H47NO3/c1-34-18-14-29(40)24-36(34)21-22-38(30(25-36)33(41)28-12-8-5-9-13-28)31(34)15-19-35(2)32(38)16-20-37(35,42)26-39(3)23-17-27-10-6-4-7-11-27/h4-13,21-22,25,29,31-32,40,42H,14-20,23-24,26H2,1-3H3. The number of carbonyl (C=O) groups is 1. The van der Waals surface area contributed by atoms with E-state index in [0.29, 0.717) is 18.9 Å². The summed E-state index contributed by atoms with van der Waals surface area (Å²) >= 11 is 0. The van der Waals surface area contributed by atoms with Gasteiger partial charge in [0.05, 0.1) is 11.7 Å². The minimum absolute atomic E-state index is 0.00401. The van der Waals surface area contributed by atoms with Crippen LogP contribution < -0.4 is 0 Å². The first-order valence-electron chi connectivity index (χ1n) is 16.2. The SMILES string of the molecule is CN(CCc1ccccc1)CC1(O)CCC2C34C=CC5(C=C3C(=O)c3ccccc3)CC(O)CCC5(C)C4CCC21C. The molecule has 0 heterocycles. The van der Waals surface area contributed by atoms with Gasteiger partial charge in [0.2, 0.25) is 0 Å². The molecular formula is C38H47NO3. The maximum Gasteiger partial charge on any atom is 0.189 e. The first kappa shape index (κ1) is 28.3. The highest BCUT2D eigenvalue weighted by Gasteiger charge is 2.74. The molecule has 8 rings (SSSR count). The lowest BCUT2D eigenvalue weighted by molar-refractivity contribution is -0.175. The molecule has 0 radical (unpaired) electrons. The van der Waals surface area contributed by atoms with Crippen molar-refractivity contribution in [2.75, 3.05) is 20.1 Å². The molecule has 2 N–H and O–H groups in total. The molecular weight excluding hydrogens is 518 g/mol. The van der Waals surface area contributed by atoms with Gasteiger partial charge in [0.25, 0.3) is 0 Å². The van der Waals surface area contributed by atoms with Crippen molar-refractivity contribution >= 4 is 5.78 Å². The smallest absolute Gasteiger partial charge is 0.189 e. The Morgan fingerprint density at radius 3 is 2.26 bits per heavy atom. The fraction of sp³-hybridized carbons (Fsp3) is 0.553. The fourth-order valence-electron chi connectivity index (χ4n) is 10.8. The first-order valence-corrected chi connectivity index (χ1v) is 16.2. The zero-order valence-corrected chi connectivity index (χ0v) is 25.6. The highest BCUT2D eigenvalue weighted by Crippen LogP contribution is 2.78. The zero-order chi connectivity index (χ0) is 29.4. The normalized spacial score (nSPS) is 41.7. The third-order valence-electron chi connectivity index (χ3n) is 13.1. The molecule has 6 aliphatic rings. The summed E-state index contributed by atoms with van der Waals surface area (Å²) in [6, 6.07) is 20.4. The number of hydrogen-bond acceptors (Lipinski definition) is 4. The summed E-state index contributed by atoms with van der Waals surface area (Å²) in [7, 11) is 2.15. The topological polar surface area (TPSA) is 60.8 Å². The molecule has 8 atom stereocenters. The van der Waals surface area contributed by atoms with E-state index in [0.717, 1.165) is 62.6 Å². The van der Waals surface area contributed by atoms with E-state index >= 15 is 0 Å². The van der Waals surface area contributed by atoms with Crippen molar-refractivity contribution < 1.29 is 15.0 Å². The molecule has 0 aromatic heterocycles. The molecule has 0 saturated heterocycles. The van der Waals surface area contributed by atoms with Crippen LogP contribution >= 0.6 is 0 Å². The molecule has 3 fully saturated rings. The van der Waals surface area contributed by atoms with Crippen LogP contribution in [0.2, 0.25) is 0 Å². The average Bonchev–Trinajstić information content (AvgIpc) is 3.26. The first-order chi connectivity index (χ1) is 20.1. The number of likely N-dealkylation sites (N-methyl/N-ethyl adjacent to an activating group) is 1. The molecule has 2 aromatic rings. The van der Waals surface area contributed by atoms with E-state index in [1.54, 1.807) is 0 Å². The molecule has 3 saturated carbocycles. The average molecular weight is 566 g/mol. The van der Waals surface area contributed by atoms with E-state index in [1.165, 1.54) is 5.56 Å². The molecule has 0 amide bonds. The number of carbonyl (C=O) groups excluding carboxylic acids is 1. The third-order valence-corrected chi connectivity index (χ3v) is 13.1. The molecule has 0 aliphatic heterocycles. The van der Waals surface area contributed by atoms with Crippen LogP contribution in [-0.4, -0.2) is 52.7 Å². The number of nitrogens with zero attached hydrogens (tertiary/aromatic N) is 1. The van der Waals surface area contributed by atoms with Crippen LogP contribution in [-0.2, 0) is 6.42 Å². The number of rotatable bonds is 7. The van der Waals surface area contributed by atoms with Gasteiger partial charge in [0.1, 0.15) is 0 Å². The molecule has 4 heteroatoms. The summed E-state index contributed by atoms with van der Waals surface area (Å²) in [6.07, 6.45) is 13.9. The predicted octanol–water partition coefficient (Wildman–Crippen LogP) is 6.63. The maximum absolute atomic E-state index is 14.5. The summed E-state index contributed by atoms with van der Waals surface area (Å²) in [6.45, 7) is 6.34. The summed E-state index contributed by atoms with van der Waals surface area (Å²) in [5, 5.41) is 23.5. The Labute approximate surface area is 251 Å². The number of Topliss-reactive ketones (excluding diaryl/α,β-unsaturated/α-hetero) is 1. The van der Waals surface area contributed by atoms with Gasteiger partial charge in [-0.25, -0.2) is 0 Å². The number of aliphatic hydroxyl groups excluding tert-OH is 1. The quantitative estimate of drug-likeness (QED) is 0.292. The van der Waals surface area contributed by atoms with Crippen molar-refractivity contribution in [1.82, 2.24) is 4.90 Å². The second-order valence-electron chi connectivity index (χ2n) is 15.0. The summed E-state index contributed by atoms with van der Waals surface area (Å²) in [4.78, 5) is 16.8. The van der Waals surface area contributed by atoms with E-state index in [9.17, 15) is 15.0 Å². The van der Waals surface area contributed by atoms with Gasteiger partial charge in [-0.15, -0.1) is 0 Å². The van der Waals surface area contributed by atoms with Crippen molar-refractivity contribution in [3.05, 3.63) is 95.6 Å². The van der Waals surface area contributed by atoms with Crippen LogP contribution in [0.1, 0.15) is 74.7 Å². The van der Waals surface area contributed by atoms with Gasteiger partial charge in [-0.2, -0.15) is 0 Å². The minimum Gasteiger partial charge on any atom is -0.393 e. The van der Waals surface area contributed by atoms with Crippen LogP contribution in [0.15, 0.2) is 84.5 Å². The zero-order valence-electron chi connectivity index (χ0n) is 25.6. The van der Waals surface area contributed by atoms with Gasteiger partial charge in [-0.05, 0) is 81.2 Å². The van der Waals surface area contributed by atoms with Crippen molar-refractivity contribution in [3.63, 3.8) is 0 Å². The molecule has 42 heavy (non-hydrogen) atoms. The summed E-state index contributed by atoms with van der Waals surface area (Å²) in [5.41, 5.74) is 1.20. The molecule has 2 aromatic carbocycles. The van der Waals surface area contributed by atoms with Crippen LogP contribution in [0.4, 0.5) is 0 Å². The minimum atomic E-state index is -0.812. The lowest BCUT2D eigenvalue weighted by Crippen LogP contribution is -2.67. The highest BCUT2D eigenvalue weighted by atomic mass is 16.3. The van der Waals surface area contributed by atoms with E-state index in [4.69, 9.17) is 0 Å². The van der Waals surface area contributed by atoms with E-state index in [1.807, 2.05) is 30.3 Å². The van der Waals surface area contributed by atoms with Gasteiger partial charge < -0.3 is 15.1 Å². The number of allylic oxidation sites excluding steroid dienone is 4. The van der Waals surface area contributed by atoms with E-state index in [-0.39, 0.29) is 34.1 Å². The summed E-state index contributed by atoms with van der Waals surface area (Å²) in [5.74, 6) is 0.644. The number of ketones is 1. The number of benzene rings is 2. The van der Waals surface area contributed by atoms with Crippen molar-refractivity contribution in [3.8, 4) is 0 Å². The van der Waals surface area contributed by atoms with Gasteiger partial charge >= 0.3 is 0 Å². The second kappa shape index (κ2) is 9.74. The number of aliphatic hydroxyl groups is 2. The maximum atomic E-state index is 14.5. The molecule has 2 spiro atoms. The van der Waals surface area contributed by atoms with Crippen LogP contribution in [0.25, 0.3) is 0 Å². The number of fused-ring (bicyclic) bond motifs is 1. The molecule has 8 unspecified atom stereocenters. The second-order valence-corrected chi connectivity index (χ2v) is 15.0. The Kier molecular flexibility index (Phi) is 6.55. The van der Waals surface area contributed by atoms with Crippen LogP contribution in [0, 0.1) is 33.5 Å². The molecule has 222 valence electrons. The fourth-order valence-corrected chi connectivity index (χ4v) is 10.8. The van der Waals surface area contributed by atoms with Gasteiger partial charge in [-0.1, -0.05) is 92.7 Å². The van der Waals surface area contributed by atoms with Crippen LogP contribution in [0.3, 0.4) is 0 Å². The third kappa shape index (κ3) is 3.80. The highest BCUT2D eigenvalue weighted by molar-refractivity contribution is 6.10. The lowest BCUT2D eigenvalue weighted by atomic mass is 9.32. The molecule has 4 nitrogen and oxygen atoms in total. The lowest BCUT2D eigenvalue weighted by Gasteiger charge is -2.71. The monoisotopic (exact) mass is 565 g/mol. The molecule has 2 bridgehead atoms. The van der Waals surface area contributed by atoms with E-state index < -0.39 is 11.0 Å². The van der Waals surface area contributed by atoms with Gasteiger partial charge in [-0.3, -0.25) is 4.79 Å². The predicted molar refractivity (Wildman–Crippen MR) is 167 cm³/mol. The Morgan fingerprint density at radius 1 is 0.881 bits per heavy atom. The Morgan fingerprint density at radius 2 is 1.52 bits per heavy atom. The van der Waals surface area contributed by atoms with Crippen molar-refractivity contribution in [2.45, 2.75) is 76.9 Å². The Hall–Kier alpha value is -2.53. The summed E-state index contributed by atoms with van der Waals surface area (Å²) < 4.78 is 0.